The third-order valence-electron chi connectivity index (χ3n) is 4.33. The maximum absolute atomic E-state index is 12.8. The van der Waals surface area contributed by atoms with E-state index in [-0.39, 0.29) is 30.1 Å². The number of hydrogen-bond donors (Lipinski definition) is 2. The van der Waals surface area contributed by atoms with Gasteiger partial charge < -0.3 is 25.2 Å². The molecule has 0 saturated heterocycles. The number of hydrogen-bond acceptors (Lipinski definition) is 8. The molecule has 0 radical (unpaired) electrons. The lowest BCUT2D eigenvalue weighted by atomic mass is 9.79. The van der Waals surface area contributed by atoms with E-state index in [1.807, 2.05) is 0 Å². The van der Waals surface area contributed by atoms with Gasteiger partial charge in [0.2, 0.25) is 0 Å². The van der Waals surface area contributed by atoms with E-state index >= 15 is 0 Å². The molecule has 0 bridgehead atoms. The maximum atomic E-state index is 12.8. The molecule has 150 valence electrons. The van der Waals surface area contributed by atoms with Gasteiger partial charge in [0.25, 0.3) is 0 Å². The van der Waals surface area contributed by atoms with Crippen LogP contribution in [-0.2, 0) is 19.1 Å². The summed E-state index contributed by atoms with van der Waals surface area (Å²) in [5, 5.41) is 27.1. The number of pyridine rings is 1. The Hall–Kier alpha value is -3.36. The molecular formula is C19H23N3O6. The molecule has 9 nitrogen and oxygen atoms in total. The Morgan fingerprint density at radius 1 is 1.25 bits per heavy atom. The van der Waals surface area contributed by atoms with Gasteiger partial charge >= 0.3 is 11.9 Å². The van der Waals surface area contributed by atoms with Crippen LogP contribution in [0.15, 0.2) is 46.0 Å². The van der Waals surface area contributed by atoms with Gasteiger partial charge in [-0.2, -0.15) is 4.73 Å². The van der Waals surface area contributed by atoms with Crippen molar-refractivity contribution in [2.75, 3.05) is 13.2 Å². The van der Waals surface area contributed by atoms with Crippen LogP contribution in [0, 0.1) is 12.1 Å². The van der Waals surface area contributed by atoms with Crippen LogP contribution in [-0.4, -0.2) is 36.6 Å². The average Bonchev–Trinajstić information content (AvgIpc) is 2.64. The number of rotatable bonds is 6. The lowest BCUT2D eigenvalue weighted by Gasteiger charge is -2.30. The molecule has 0 amide bonds. The second kappa shape index (κ2) is 9.03. The number of nitrogens with zero attached hydrogens (tertiary/aromatic N) is 2. The van der Waals surface area contributed by atoms with E-state index in [0.717, 1.165) is 6.21 Å². The van der Waals surface area contributed by atoms with Crippen LogP contribution in [0.3, 0.4) is 0 Å². The van der Waals surface area contributed by atoms with E-state index in [2.05, 4.69) is 10.5 Å². The van der Waals surface area contributed by atoms with Gasteiger partial charge in [-0.15, -0.1) is 0 Å². The van der Waals surface area contributed by atoms with Crippen LogP contribution in [0.4, 0.5) is 0 Å². The van der Waals surface area contributed by atoms with E-state index in [1.54, 1.807) is 33.8 Å². The van der Waals surface area contributed by atoms with Crippen molar-refractivity contribution in [2.45, 2.75) is 33.6 Å². The summed E-state index contributed by atoms with van der Waals surface area (Å²) in [6.07, 6.45) is 2.37. The van der Waals surface area contributed by atoms with Gasteiger partial charge in [0.05, 0.1) is 42.2 Å². The average molecular weight is 389 g/mol. The van der Waals surface area contributed by atoms with E-state index in [1.165, 1.54) is 12.3 Å². The molecule has 0 fully saturated rings. The summed E-state index contributed by atoms with van der Waals surface area (Å²) in [7, 11) is 0. The minimum absolute atomic E-state index is 0.0441. The second-order valence-corrected chi connectivity index (χ2v) is 5.98. The third kappa shape index (κ3) is 3.98. The van der Waals surface area contributed by atoms with Crippen LogP contribution in [0.25, 0.3) is 0 Å². The van der Waals surface area contributed by atoms with E-state index in [4.69, 9.17) is 14.7 Å². The Morgan fingerprint density at radius 2 is 1.86 bits per heavy atom. The zero-order valence-corrected chi connectivity index (χ0v) is 16.2. The summed E-state index contributed by atoms with van der Waals surface area (Å²) in [6.45, 7) is 6.79. The molecule has 1 aromatic heterocycles. The summed E-state index contributed by atoms with van der Waals surface area (Å²) in [6, 6.07) is 3.18. The van der Waals surface area contributed by atoms with Crippen LogP contribution in [0.5, 0.6) is 0 Å². The smallest absolute Gasteiger partial charge is 0.337 e. The van der Waals surface area contributed by atoms with Crippen molar-refractivity contribution >= 4 is 18.2 Å². The molecule has 1 aliphatic rings. The Labute approximate surface area is 162 Å². The number of oxime groups is 1. The predicted molar refractivity (Wildman–Crippen MR) is 99.3 cm³/mol. The maximum Gasteiger partial charge on any atom is 0.337 e. The number of dihydropyridines is 1. The number of allylic oxidation sites excluding steroid dienone is 2. The standard InChI is InChI=1S/C19H23N3O6/c1-5-27-18(23)15-11(3)21-14(10-20-25)17(19(24)28-6-2)16(15)13-8-7-9-22(26)12(13)4/h7-10,16,21,25H,5-6H2,1-4H3. The first-order chi connectivity index (χ1) is 13.4. The van der Waals surface area contributed by atoms with Crippen molar-refractivity contribution in [1.82, 2.24) is 5.32 Å². The summed E-state index contributed by atoms with van der Waals surface area (Å²) in [5.74, 6) is -2.27. The molecule has 0 aliphatic carbocycles. The fourth-order valence-electron chi connectivity index (χ4n) is 3.13. The number of esters is 2. The molecule has 2 heterocycles. The Kier molecular flexibility index (Phi) is 6.75. The number of carbonyl (C=O) groups is 2. The molecule has 28 heavy (non-hydrogen) atoms. The van der Waals surface area contributed by atoms with Crippen molar-refractivity contribution in [3.8, 4) is 0 Å². The second-order valence-electron chi connectivity index (χ2n) is 5.98. The fourth-order valence-corrected chi connectivity index (χ4v) is 3.13. The topological polar surface area (TPSA) is 124 Å². The summed E-state index contributed by atoms with van der Waals surface area (Å²) in [5.41, 5.74) is 1.54. The first kappa shape index (κ1) is 20.9. The van der Waals surface area contributed by atoms with Gasteiger partial charge in [-0.1, -0.05) is 5.16 Å². The number of nitrogens with one attached hydrogen (secondary N) is 1. The SMILES string of the molecule is CCOC(=O)C1=C(C)NC(C=NO)=C(C(=O)OCC)C1c1ccc[n+]([O-])c1C. The zero-order chi connectivity index (χ0) is 20.8. The molecule has 1 aliphatic heterocycles. The minimum Gasteiger partial charge on any atom is -0.619 e. The normalized spacial score (nSPS) is 16.9. The lowest BCUT2D eigenvalue weighted by molar-refractivity contribution is -0.612. The van der Waals surface area contributed by atoms with Crippen LogP contribution >= 0.6 is 0 Å². The van der Waals surface area contributed by atoms with Crippen LogP contribution in [0.2, 0.25) is 0 Å². The van der Waals surface area contributed by atoms with Crippen molar-refractivity contribution in [2.24, 2.45) is 5.16 Å². The molecule has 1 aromatic rings. The van der Waals surface area contributed by atoms with Gasteiger partial charge in [0, 0.05) is 24.3 Å². The van der Waals surface area contributed by atoms with E-state index in [9.17, 15) is 14.8 Å². The van der Waals surface area contributed by atoms with Crippen molar-refractivity contribution < 1.29 is 29.0 Å². The van der Waals surface area contributed by atoms with Gasteiger partial charge in [0.15, 0.2) is 11.9 Å². The summed E-state index contributed by atoms with van der Waals surface area (Å²) >= 11 is 0. The van der Waals surface area contributed by atoms with E-state index < -0.39 is 17.9 Å². The molecule has 9 heteroatoms. The molecule has 0 aromatic carbocycles. The highest BCUT2D eigenvalue weighted by molar-refractivity contribution is 6.04. The van der Waals surface area contributed by atoms with Crippen molar-refractivity contribution in [3.05, 3.63) is 57.3 Å². The fraction of sp³-hybridized carbons (Fsp3) is 0.368. The molecule has 0 saturated carbocycles. The van der Waals surface area contributed by atoms with Crippen LogP contribution in [0.1, 0.15) is 37.9 Å². The first-order valence-corrected chi connectivity index (χ1v) is 8.79. The third-order valence-corrected chi connectivity index (χ3v) is 4.33. The van der Waals surface area contributed by atoms with Crippen molar-refractivity contribution in [1.29, 1.82) is 0 Å². The number of carbonyl (C=O) groups excluding carboxylic acids is 2. The minimum atomic E-state index is -0.936. The Balaban J connectivity index is 2.81. The largest absolute Gasteiger partial charge is 0.619 e. The molecule has 1 unspecified atom stereocenters. The van der Waals surface area contributed by atoms with E-state index in [0.29, 0.717) is 21.7 Å². The van der Waals surface area contributed by atoms with Gasteiger partial charge in [-0.3, -0.25) is 0 Å². The highest BCUT2D eigenvalue weighted by atomic mass is 16.5. The Morgan fingerprint density at radius 3 is 2.43 bits per heavy atom. The van der Waals surface area contributed by atoms with Gasteiger partial charge in [-0.05, 0) is 26.8 Å². The highest BCUT2D eigenvalue weighted by Crippen LogP contribution is 2.39. The summed E-state index contributed by atoms with van der Waals surface area (Å²) in [4.78, 5) is 25.5. The number of aromatic nitrogens is 1. The van der Waals surface area contributed by atoms with Gasteiger partial charge in [-0.25, -0.2) is 9.59 Å². The molecule has 0 spiro atoms. The quantitative estimate of drug-likeness (QED) is 0.188. The Bertz CT molecular complexity index is 872. The molecule has 2 N–H and O–H groups in total. The zero-order valence-electron chi connectivity index (χ0n) is 16.2. The molecule has 2 rings (SSSR count). The van der Waals surface area contributed by atoms with Gasteiger partial charge in [0.1, 0.15) is 0 Å². The molecular weight excluding hydrogens is 366 g/mol. The lowest BCUT2D eigenvalue weighted by Crippen LogP contribution is -2.37. The summed E-state index contributed by atoms with van der Waals surface area (Å²) < 4.78 is 11.0. The predicted octanol–water partition coefficient (Wildman–Crippen LogP) is 1.43. The van der Waals surface area contributed by atoms with Crippen LogP contribution < -0.4 is 10.0 Å². The van der Waals surface area contributed by atoms with Crippen molar-refractivity contribution in [3.63, 3.8) is 0 Å². The molecule has 1 atom stereocenters. The highest BCUT2D eigenvalue weighted by Gasteiger charge is 2.40. The number of ether oxygens (including phenoxy) is 2. The monoisotopic (exact) mass is 389 g/mol. The first-order valence-electron chi connectivity index (χ1n) is 8.79.